The number of benzene rings is 2. The monoisotopic (exact) mass is 1040 g/mol. The summed E-state index contributed by atoms with van der Waals surface area (Å²) in [4.78, 5) is 37.0. The minimum absolute atomic E-state index is 0.00877. The molecule has 2 aromatic carbocycles. The summed E-state index contributed by atoms with van der Waals surface area (Å²) in [5.41, 5.74) is 2.64. The van der Waals surface area contributed by atoms with E-state index in [2.05, 4.69) is 31.8 Å². The van der Waals surface area contributed by atoms with E-state index in [1.165, 1.54) is 89.2 Å². The molecule has 1 aliphatic heterocycles. The number of unbranched alkanes of at least 4 members (excludes halogenated alkanes) is 19. The van der Waals surface area contributed by atoms with E-state index in [-0.39, 0.29) is 62.3 Å². The Morgan fingerprint density at radius 3 is 2.01 bits per heavy atom. The third-order valence-corrected chi connectivity index (χ3v) is 15.5. The molecule has 1 saturated carbocycles. The molecule has 1 fully saturated rings. The van der Waals surface area contributed by atoms with Crippen LogP contribution in [0, 0.1) is 23.6 Å². The number of carbonyl (C=O) groups excluding carboxylic acids is 2. The van der Waals surface area contributed by atoms with E-state index in [9.17, 15) is 19.4 Å². The first-order valence-electron chi connectivity index (χ1n) is 29.7. The van der Waals surface area contributed by atoms with E-state index in [0.29, 0.717) is 43.0 Å². The van der Waals surface area contributed by atoms with Gasteiger partial charge in [-0.15, -0.1) is 6.58 Å². The fraction of sp³-hybridized carbons (Fsp3) is 0.698. The highest BCUT2D eigenvalue weighted by atomic mass is 19.1. The van der Waals surface area contributed by atoms with E-state index in [1.54, 1.807) is 24.3 Å². The molecule has 0 aromatic heterocycles. The average Bonchev–Trinajstić information content (AvgIpc) is 3.39. The highest BCUT2D eigenvalue weighted by Gasteiger charge is 2.65. The average molecular weight is 1040 g/mol. The first-order valence-corrected chi connectivity index (χ1v) is 29.7. The molecule has 3 N–H and O–H groups in total. The predicted molar refractivity (Wildman–Crippen MR) is 300 cm³/mol. The number of rotatable bonds is 37. The summed E-state index contributed by atoms with van der Waals surface area (Å²) in [6, 6.07) is 11.2. The number of ether oxygens (including phenoxy) is 3. The zero-order chi connectivity index (χ0) is 53.9. The molecule has 11 nitrogen and oxygen atoms in total. The van der Waals surface area contributed by atoms with E-state index >= 15 is 4.79 Å². The van der Waals surface area contributed by atoms with Gasteiger partial charge in [0.15, 0.2) is 0 Å². The molecule has 2 amide bonds. The van der Waals surface area contributed by atoms with Crippen molar-refractivity contribution < 1.29 is 43.2 Å². The van der Waals surface area contributed by atoms with Crippen molar-refractivity contribution in [2.45, 2.75) is 238 Å². The van der Waals surface area contributed by atoms with Crippen LogP contribution in [0.15, 0.2) is 71.9 Å². The summed E-state index contributed by atoms with van der Waals surface area (Å²) < 4.78 is 35.3. The van der Waals surface area contributed by atoms with Crippen molar-refractivity contribution in [1.82, 2.24) is 10.2 Å². The van der Waals surface area contributed by atoms with E-state index < -0.39 is 29.4 Å². The van der Waals surface area contributed by atoms with E-state index in [4.69, 9.17) is 24.2 Å². The molecule has 5 rings (SSSR count). The van der Waals surface area contributed by atoms with Crippen molar-refractivity contribution in [2.24, 2.45) is 22.9 Å². The third kappa shape index (κ3) is 19.3. The number of nitrogens with one attached hydrogen (secondary N) is 1. The molecule has 2 aromatic rings. The van der Waals surface area contributed by atoms with E-state index in [1.807, 2.05) is 37.8 Å². The second-order valence-electron chi connectivity index (χ2n) is 22.7. The molecule has 0 unspecified atom stereocenters. The largest absolute Gasteiger partial charge is 0.459 e. The van der Waals surface area contributed by atoms with Crippen molar-refractivity contribution >= 4 is 17.7 Å². The van der Waals surface area contributed by atoms with Gasteiger partial charge in [0, 0.05) is 50.6 Å². The maximum absolute atomic E-state index is 15.2. The number of aliphatic hydroxyl groups is 2. The smallest absolute Gasteiger partial charge is 0.412 e. The summed E-state index contributed by atoms with van der Waals surface area (Å²) in [6.07, 6.45) is 30.7. The summed E-state index contributed by atoms with van der Waals surface area (Å²) in [6.45, 7) is 15.5. The number of halogens is 1. The van der Waals surface area contributed by atoms with Crippen LogP contribution in [0.4, 0.5) is 9.18 Å². The Labute approximate surface area is 451 Å². The topological polar surface area (TPSA) is 139 Å². The van der Waals surface area contributed by atoms with Crippen LogP contribution in [-0.4, -0.2) is 76.6 Å². The van der Waals surface area contributed by atoms with Crippen molar-refractivity contribution in [2.75, 3.05) is 26.4 Å². The Hall–Kier alpha value is -4.26. The van der Waals surface area contributed by atoms with Gasteiger partial charge in [0.2, 0.25) is 11.7 Å². The summed E-state index contributed by atoms with van der Waals surface area (Å²) in [7, 11) is 0. The Kier molecular flexibility index (Phi) is 27.2. The highest BCUT2D eigenvalue weighted by Crippen LogP contribution is 2.62. The second kappa shape index (κ2) is 33.1. The molecule has 0 saturated heterocycles. The van der Waals surface area contributed by atoms with Crippen LogP contribution in [-0.2, 0) is 20.9 Å². The van der Waals surface area contributed by atoms with Crippen LogP contribution in [0.2, 0.25) is 0 Å². The fourth-order valence-electron chi connectivity index (χ4n) is 11.7. The van der Waals surface area contributed by atoms with Crippen molar-refractivity contribution in [1.29, 1.82) is 0 Å². The van der Waals surface area contributed by atoms with E-state index in [0.717, 1.165) is 87.3 Å². The standard InChI is InChI=1S/C63H98FN3O8/c1-7-10-12-14-16-18-20-22-24-28-40-65-61(71)73-51-38-39-56-54(45-51)59-52(32-27-30-42-69)49(31-26-29-41-68)44-53-55(66-75-62(4,5)6)46-57(63(74-56,60(53)59)72-43-9-3)67(47-48-34-36-50(64)37-35-48)58(70)33-25-23-21-19-17-15-13-11-8-2/h9,34-39,44-45,49,52,57,59-60,68-69H,3,7-8,10-33,40-43,46-47H2,1-2,4-6H3,(H,65,71)/t49-,52+,57-,59+,60+,63+/m0/s1. The fourth-order valence-corrected chi connectivity index (χ4v) is 11.7. The Morgan fingerprint density at radius 1 is 0.813 bits per heavy atom. The van der Waals surface area contributed by atoms with Gasteiger partial charge in [-0.1, -0.05) is 165 Å². The summed E-state index contributed by atoms with van der Waals surface area (Å²) >= 11 is 0. The molecular formula is C63H98FN3O8. The number of nitrogens with zero attached hydrogens (tertiary/aromatic N) is 2. The molecular weight excluding hydrogens is 946 g/mol. The van der Waals surface area contributed by atoms with Crippen molar-refractivity contribution in [3.63, 3.8) is 0 Å². The minimum Gasteiger partial charge on any atom is -0.459 e. The first kappa shape index (κ1) is 61.6. The quantitative estimate of drug-likeness (QED) is 0.0345. The van der Waals surface area contributed by atoms with Crippen LogP contribution in [0.5, 0.6) is 11.5 Å². The molecule has 0 radical (unpaired) electrons. The number of carbonyl (C=O) groups is 2. The Bertz CT molecular complexity index is 2050. The SMILES string of the molecule is C=CCO[C@@]12Oc3ccc(OC(=O)NCCCCCCCCCCCC)cc3[C@H]3[C@H](CCCCO)[C@@H](CCCCO)C=C(C(=NOC(C)(C)C)C[C@@H]1N(Cc1ccc(F)cc1)C(=O)CCCCCCCCCCC)[C@H]32. The Balaban J connectivity index is 1.57. The van der Waals surface area contributed by atoms with Gasteiger partial charge in [0.25, 0.3) is 0 Å². The van der Waals surface area contributed by atoms with Crippen LogP contribution in [0.25, 0.3) is 0 Å². The Morgan fingerprint density at radius 2 is 1.41 bits per heavy atom. The lowest BCUT2D eigenvalue weighted by atomic mass is 9.55. The first-order chi connectivity index (χ1) is 36.4. The number of hydrogen-bond donors (Lipinski definition) is 3. The number of fused-ring (bicyclic) bond motifs is 2. The number of oxime groups is 1. The van der Waals surface area contributed by atoms with Crippen molar-refractivity contribution in [3.05, 3.63) is 83.7 Å². The maximum Gasteiger partial charge on any atom is 0.412 e. The highest BCUT2D eigenvalue weighted by molar-refractivity contribution is 6.03. The molecule has 420 valence electrons. The van der Waals surface area contributed by atoms with Crippen LogP contribution >= 0.6 is 0 Å². The number of amides is 2. The lowest BCUT2D eigenvalue weighted by Gasteiger charge is -2.60. The lowest BCUT2D eigenvalue weighted by molar-refractivity contribution is -0.258. The molecule has 2 aliphatic carbocycles. The summed E-state index contributed by atoms with van der Waals surface area (Å²) in [5.74, 6) is -1.70. The van der Waals surface area contributed by atoms with Gasteiger partial charge in [-0.3, -0.25) is 4.79 Å². The van der Waals surface area contributed by atoms with Gasteiger partial charge >= 0.3 is 6.09 Å². The molecule has 0 bridgehead atoms. The molecule has 12 heteroatoms. The van der Waals surface area contributed by atoms with Gasteiger partial charge in [-0.05, 0) is 113 Å². The number of allylic oxidation sites excluding steroid dienone is 1. The zero-order valence-electron chi connectivity index (χ0n) is 47.0. The maximum atomic E-state index is 15.2. The van der Waals surface area contributed by atoms with Crippen LogP contribution in [0.3, 0.4) is 0 Å². The second-order valence-corrected chi connectivity index (χ2v) is 22.7. The lowest BCUT2D eigenvalue weighted by Crippen LogP contribution is -2.70. The molecule has 1 heterocycles. The van der Waals surface area contributed by atoms with Gasteiger partial charge in [-0.2, -0.15) is 0 Å². The summed E-state index contributed by atoms with van der Waals surface area (Å²) in [5, 5.41) is 28.1. The molecule has 6 atom stereocenters. The predicted octanol–water partition coefficient (Wildman–Crippen LogP) is 15.2. The van der Waals surface area contributed by atoms with Gasteiger partial charge in [0.1, 0.15) is 29.0 Å². The normalized spacial score (nSPS) is 21.4. The molecule has 3 aliphatic rings. The minimum atomic E-state index is -1.47. The number of aliphatic hydroxyl groups excluding tert-OH is 2. The number of hydrogen-bond acceptors (Lipinski definition) is 9. The molecule has 75 heavy (non-hydrogen) atoms. The molecule has 0 spiro atoms. The van der Waals surface area contributed by atoms with Crippen LogP contribution < -0.4 is 14.8 Å². The van der Waals surface area contributed by atoms with Gasteiger partial charge < -0.3 is 39.5 Å². The zero-order valence-corrected chi connectivity index (χ0v) is 47.0. The van der Waals surface area contributed by atoms with Crippen molar-refractivity contribution in [3.8, 4) is 11.5 Å². The van der Waals surface area contributed by atoms with Crippen LogP contribution in [0.1, 0.15) is 225 Å². The van der Waals surface area contributed by atoms with Gasteiger partial charge in [0.05, 0.1) is 18.2 Å². The van der Waals surface area contributed by atoms with Gasteiger partial charge in [-0.25, -0.2) is 9.18 Å². The third-order valence-electron chi connectivity index (χ3n) is 15.5.